The Kier molecular flexibility index (Phi) is 5.46. The lowest BCUT2D eigenvalue weighted by atomic mass is 10.1. The van der Waals surface area contributed by atoms with Gasteiger partial charge in [-0.1, -0.05) is 0 Å². The van der Waals surface area contributed by atoms with Gasteiger partial charge in [-0.2, -0.15) is 18.4 Å². The van der Waals surface area contributed by atoms with Crippen LogP contribution in [-0.2, 0) is 0 Å². The first-order chi connectivity index (χ1) is 8.25. The average molecular weight is 277 g/mol. The molecule has 0 radical (unpaired) electrons. The van der Waals surface area contributed by atoms with Crippen LogP contribution < -0.4 is 11.5 Å². The van der Waals surface area contributed by atoms with Crippen LogP contribution in [0.2, 0.25) is 0 Å². The molecule has 4 nitrogen and oxygen atoms in total. The van der Waals surface area contributed by atoms with Crippen LogP contribution in [0.5, 0.6) is 0 Å². The highest BCUT2D eigenvalue weighted by molar-refractivity contribution is 5.94. The molecule has 0 fully saturated rings. The summed E-state index contributed by atoms with van der Waals surface area (Å²) in [5.41, 5.74) is -0.557. The van der Waals surface area contributed by atoms with Crippen LogP contribution in [0.3, 0.4) is 0 Å². The predicted molar refractivity (Wildman–Crippen MR) is 59.1 cm³/mol. The number of alkyl halides is 3. The van der Waals surface area contributed by atoms with E-state index in [4.69, 9.17) is 5.26 Å². The van der Waals surface area contributed by atoms with Gasteiger partial charge in [-0.25, -0.2) is 4.39 Å². The third-order valence-electron chi connectivity index (χ3n) is 2.18. The quantitative estimate of drug-likeness (QED) is 0.814. The van der Waals surface area contributed by atoms with E-state index in [1.165, 1.54) is 0 Å². The maximum absolute atomic E-state index is 13.3. The molecule has 0 spiro atoms. The van der Waals surface area contributed by atoms with Crippen molar-refractivity contribution in [3.63, 3.8) is 0 Å². The molecule has 8 heteroatoms. The van der Waals surface area contributed by atoms with E-state index in [9.17, 15) is 22.4 Å². The van der Waals surface area contributed by atoms with E-state index in [1.54, 1.807) is 11.4 Å². The summed E-state index contributed by atoms with van der Waals surface area (Å²) in [7, 11) is 0. The minimum absolute atomic E-state index is 0. The van der Waals surface area contributed by atoms with Crippen LogP contribution in [-0.4, -0.2) is 18.1 Å². The lowest BCUT2D eigenvalue weighted by molar-refractivity contribution is -0.149. The second-order valence-electron chi connectivity index (χ2n) is 3.54. The normalized spacial score (nSPS) is 12.0. The van der Waals surface area contributed by atoms with E-state index in [1.807, 2.05) is 0 Å². The smallest absolute Gasteiger partial charge is 0.344 e. The minimum Gasteiger partial charge on any atom is -0.344 e. The maximum atomic E-state index is 13.3. The monoisotopic (exact) mass is 277 g/mol. The Morgan fingerprint density at radius 2 is 2.00 bits per heavy atom. The molecule has 4 N–H and O–H groups in total. The van der Waals surface area contributed by atoms with Crippen LogP contribution in [0.25, 0.3) is 0 Å². The van der Waals surface area contributed by atoms with E-state index in [-0.39, 0.29) is 11.7 Å². The third-order valence-corrected chi connectivity index (χ3v) is 2.18. The largest absolute Gasteiger partial charge is 0.408 e. The van der Waals surface area contributed by atoms with E-state index < -0.39 is 29.5 Å². The molecule has 0 aliphatic carbocycles. The van der Waals surface area contributed by atoms with Gasteiger partial charge in [0.15, 0.2) is 0 Å². The summed E-state index contributed by atoms with van der Waals surface area (Å²) in [5, 5.41) is 10.1. The molecule has 1 rings (SSSR count). The Hall–Kier alpha value is -2.14. The van der Waals surface area contributed by atoms with E-state index in [0.717, 1.165) is 25.1 Å². The number of halogens is 4. The number of benzene rings is 1. The van der Waals surface area contributed by atoms with Gasteiger partial charge in [-0.05, 0) is 25.1 Å². The summed E-state index contributed by atoms with van der Waals surface area (Å²) in [6, 6.07) is 2.46. The fourth-order valence-electron chi connectivity index (χ4n) is 1.13. The van der Waals surface area contributed by atoms with Gasteiger partial charge in [-0.15, -0.1) is 0 Å². The molecule has 0 saturated carbocycles. The fraction of sp³-hybridized carbons (Fsp3) is 0.273. The first kappa shape index (κ1) is 16.9. The highest BCUT2D eigenvalue weighted by atomic mass is 19.4. The predicted octanol–water partition coefficient (Wildman–Crippen LogP) is 2.54. The van der Waals surface area contributed by atoms with Crippen LogP contribution in [0.15, 0.2) is 18.2 Å². The molecule has 19 heavy (non-hydrogen) atoms. The molecule has 0 unspecified atom stereocenters. The molecule has 0 bridgehead atoms. The topological polar surface area (TPSA) is 87.9 Å². The van der Waals surface area contributed by atoms with Gasteiger partial charge in [-0.3, -0.25) is 4.79 Å². The SMILES string of the molecule is C[C@@H](NC(=O)c1ccc(C#N)cc1F)C(F)(F)F.N. The van der Waals surface area contributed by atoms with Crippen molar-refractivity contribution in [1.82, 2.24) is 11.5 Å². The Morgan fingerprint density at radius 1 is 1.42 bits per heavy atom. The molecule has 0 aliphatic rings. The molecular formula is C11H11F4N3O. The summed E-state index contributed by atoms with van der Waals surface area (Å²) in [6.07, 6.45) is -4.60. The zero-order valence-corrected chi connectivity index (χ0v) is 9.88. The number of hydrogen-bond donors (Lipinski definition) is 2. The molecule has 1 aromatic rings. The van der Waals surface area contributed by atoms with Gasteiger partial charge < -0.3 is 11.5 Å². The number of carbonyl (C=O) groups excluding carboxylic acids is 1. The molecule has 1 aromatic carbocycles. The first-order valence-electron chi connectivity index (χ1n) is 4.83. The summed E-state index contributed by atoms with van der Waals surface area (Å²) in [6.45, 7) is 0.749. The molecule has 104 valence electrons. The number of carbonyl (C=O) groups is 1. The summed E-state index contributed by atoms with van der Waals surface area (Å²) >= 11 is 0. The number of nitrogens with zero attached hydrogens (tertiary/aromatic N) is 1. The molecule has 1 atom stereocenters. The van der Waals surface area contributed by atoms with Gasteiger partial charge in [0.25, 0.3) is 5.91 Å². The highest BCUT2D eigenvalue weighted by Gasteiger charge is 2.37. The Morgan fingerprint density at radius 3 is 2.42 bits per heavy atom. The Bertz CT molecular complexity index is 508. The van der Waals surface area contributed by atoms with E-state index in [0.29, 0.717) is 0 Å². The van der Waals surface area contributed by atoms with E-state index >= 15 is 0 Å². The van der Waals surface area contributed by atoms with Crippen molar-refractivity contribution >= 4 is 5.91 Å². The van der Waals surface area contributed by atoms with Gasteiger partial charge >= 0.3 is 6.18 Å². The number of hydrogen-bond acceptors (Lipinski definition) is 3. The average Bonchev–Trinajstić information content (AvgIpc) is 2.27. The van der Waals surface area contributed by atoms with Crippen LogP contribution >= 0.6 is 0 Å². The van der Waals surface area contributed by atoms with E-state index in [2.05, 4.69) is 0 Å². The van der Waals surface area contributed by atoms with Crippen LogP contribution in [0.1, 0.15) is 22.8 Å². The van der Waals surface area contributed by atoms with Crippen molar-refractivity contribution in [3.8, 4) is 6.07 Å². The third kappa shape index (κ3) is 4.22. The van der Waals surface area contributed by atoms with Crippen molar-refractivity contribution in [3.05, 3.63) is 35.1 Å². The molecule has 0 aromatic heterocycles. The molecular weight excluding hydrogens is 266 g/mol. The number of rotatable bonds is 2. The second kappa shape index (κ2) is 6.15. The lowest BCUT2D eigenvalue weighted by Crippen LogP contribution is -2.43. The van der Waals surface area contributed by atoms with Crippen molar-refractivity contribution in [2.24, 2.45) is 0 Å². The van der Waals surface area contributed by atoms with Gasteiger partial charge in [0.05, 0.1) is 17.2 Å². The standard InChI is InChI=1S/C11H8F4N2O.H3N/c1-6(11(13,14)15)17-10(18)8-3-2-7(5-16)4-9(8)12;/h2-4,6H,1H3,(H,17,18);1H3/t6-;/m1./s1. The van der Waals surface area contributed by atoms with Gasteiger partial charge in [0.2, 0.25) is 0 Å². The first-order valence-corrected chi connectivity index (χ1v) is 4.83. The second-order valence-corrected chi connectivity index (χ2v) is 3.54. The van der Waals surface area contributed by atoms with Crippen molar-refractivity contribution in [1.29, 1.82) is 5.26 Å². The molecule has 0 saturated heterocycles. The molecule has 0 heterocycles. The zero-order chi connectivity index (χ0) is 13.9. The van der Waals surface area contributed by atoms with Gasteiger partial charge in [0, 0.05) is 0 Å². The fourth-order valence-corrected chi connectivity index (χ4v) is 1.13. The molecule has 1 amide bonds. The number of nitriles is 1. The number of nitrogens with one attached hydrogen (secondary N) is 1. The Labute approximate surface area is 106 Å². The summed E-state index contributed by atoms with van der Waals surface area (Å²) in [4.78, 5) is 11.4. The van der Waals surface area contributed by atoms with Crippen LogP contribution in [0, 0.1) is 17.1 Å². The van der Waals surface area contributed by atoms with Crippen molar-refractivity contribution in [2.75, 3.05) is 0 Å². The van der Waals surface area contributed by atoms with Crippen molar-refractivity contribution in [2.45, 2.75) is 19.1 Å². The zero-order valence-electron chi connectivity index (χ0n) is 9.88. The number of amides is 1. The van der Waals surface area contributed by atoms with Crippen LogP contribution in [0.4, 0.5) is 17.6 Å². The van der Waals surface area contributed by atoms with Gasteiger partial charge in [0.1, 0.15) is 11.9 Å². The lowest BCUT2D eigenvalue weighted by Gasteiger charge is -2.17. The summed E-state index contributed by atoms with van der Waals surface area (Å²) < 4.78 is 49.9. The summed E-state index contributed by atoms with van der Waals surface area (Å²) in [5.74, 6) is -2.22. The Balaban J connectivity index is 0.00000324. The minimum atomic E-state index is -4.60. The molecule has 0 aliphatic heterocycles. The maximum Gasteiger partial charge on any atom is 0.408 e. The highest BCUT2D eigenvalue weighted by Crippen LogP contribution is 2.20. The van der Waals surface area contributed by atoms with Crippen molar-refractivity contribution < 1.29 is 22.4 Å².